The topological polar surface area (TPSA) is 80.4 Å². The summed E-state index contributed by atoms with van der Waals surface area (Å²) >= 11 is 0. The van der Waals surface area contributed by atoms with E-state index < -0.39 is 11.6 Å². The van der Waals surface area contributed by atoms with Gasteiger partial charge in [0.1, 0.15) is 30.4 Å². The van der Waals surface area contributed by atoms with Gasteiger partial charge in [0.15, 0.2) is 5.82 Å². The summed E-state index contributed by atoms with van der Waals surface area (Å²) in [6, 6.07) is 11.9. The zero-order chi connectivity index (χ0) is 17.4. The maximum Gasteiger partial charge on any atom is 0.207 e. The number of carbonyl (C=O) groups excluding carboxylic acids is 1. The highest BCUT2D eigenvalue weighted by Gasteiger charge is 2.05. The SMILES string of the molecule is Fc1ccc(-n2cncn2)c(F)c1.O=C(C=NO)c1ccccc1. The Bertz CT molecular complexity index is 821. The molecule has 3 aromatic rings. The molecule has 0 aliphatic heterocycles. The van der Waals surface area contributed by atoms with Gasteiger partial charge in [-0.25, -0.2) is 18.4 Å². The first-order chi connectivity index (χ1) is 11.6. The molecular formula is C16H12F2N4O2. The minimum Gasteiger partial charge on any atom is -0.411 e. The molecule has 122 valence electrons. The number of ketones is 1. The minimum atomic E-state index is -0.662. The van der Waals surface area contributed by atoms with E-state index in [9.17, 15) is 13.6 Å². The third-order valence-corrected chi connectivity index (χ3v) is 2.81. The molecule has 8 heteroatoms. The lowest BCUT2D eigenvalue weighted by atomic mass is 10.1. The fourth-order valence-electron chi connectivity index (χ4n) is 1.73. The van der Waals surface area contributed by atoms with Crippen LogP contribution in [0.5, 0.6) is 0 Å². The first-order valence-corrected chi connectivity index (χ1v) is 6.68. The van der Waals surface area contributed by atoms with Crippen molar-refractivity contribution in [3.63, 3.8) is 0 Å². The molecule has 1 aromatic heterocycles. The van der Waals surface area contributed by atoms with E-state index in [-0.39, 0.29) is 11.5 Å². The lowest BCUT2D eigenvalue weighted by Crippen LogP contribution is -1.98. The quantitative estimate of drug-likeness (QED) is 0.346. The van der Waals surface area contributed by atoms with Crippen LogP contribution in [-0.4, -0.2) is 32.0 Å². The van der Waals surface area contributed by atoms with E-state index in [0.717, 1.165) is 12.3 Å². The molecule has 1 heterocycles. The van der Waals surface area contributed by atoms with Crippen molar-refractivity contribution in [2.45, 2.75) is 0 Å². The lowest BCUT2D eigenvalue weighted by molar-refractivity contribution is 0.106. The number of halogens is 2. The third-order valence-electron chi connectivity index (χ3n) is 2.81. The molecule has 1 N–H and O–H groups in total. The normalized spacial score (nSPS) is 10.2. The van der Waals surface area contributed by atoms with Crippen LogP contribution in [0.3, 0.4) is 0 Å². The van der Waals surface area contributed by atoms with Gasteiger partial charge >= 0.3 is 0 Å². The van der Waals surface area contributed by atoms with E-state index in [1.807, 2.05) is 6.07 Å². The highest BCUT2D eigenvalue weighted by molar-refractivity contribution is 6.35. The zero-order valence-corrected chi connectivity index (χ0v) is 12.3. The zero-order valence-electron chi connectivity index (χ0n) is 12.3. The second-order valence-corrected chi connectivity index (χ2v) is 4.41. The number of nitrogens with zero attached hydrogens (tertiary/aromatic N) is 4. The van der Waals surface area contributed by atoms with Gasteiger partial charge < -0.3 is 5.21 Å². The number of Topliss-reactive ketones (excluding diaryl/α,β-unsaturated/α-hetero) is 1. The van der Waals surface area contributed by atoms with E-state index >= 15 is 0 Å². The molecular weight excluding hydrogens is 318 g/mol. The van der Waals surface area contributed by atoms with Crippen molar-refractivity contribution < 1.29 is 18.8 Å². The van der Waals surface area contributed by atoms with Crippen LogP contribution in [0.25, 0.3) is 5.69 Å². The minimum absolute atomic E-state index is 0.180. The monoisotopic (exact) mass is 330 g/mol. The smallest absolute Gasteiger partial charge is 0.207 e. The van der Waals surface area contributed by atoms with Gasteiger partial charge in [0.05, 0.1) is 0 Å². The molecule has 3 rings (SSSR count). The van der Waals surface area contributed by atoms with Crippen LogP contribution in [0.15, 0.2) is 66.3 Å². The van der Waals surface area contributed by atoms with E-state index in [4.69, 9.17) is 5.21 Å². The average Bonchev–Trinajstić information content (AvgIpc) is 3.11. The molecule has 0 fully saturated rings. The number of aromatic nitrogens is 3. The Balaban J connectivity index is 0.000000177. The van der Waals surface area contributed by atoms with Crippen molar-refractivity contribution in [2.75, 3.05) is 0 Å². The summed E-state index contributed by atoms with van der Waals surface area (Å²) in [6.45, 7) is 0. The molecule has 0 aliphatic carbocycles. The molecule has 0 spiro atoms. The number of carbonyl (C=O) groups is 1. The largest absolute Gasteiger partial charge is 0.411 e. The number of benzene rings is 2. The molecule has 0 unspecified atom stereocenters. The second-order valence-electron chi connectivity index (χ2n) is 4.41. The summed E-state index contributed by atoms with van der Waals surface area (Å²) in [5, 5.41) is 14.4. The Morgan fingerprint density at radius 1 is 1.17 bits per heavy atom. The van der Waals surface area contributed by atoms with Crippen molar-refractivity contribution in [1.29, 1.82) is 0 Å². The van der Waals surface area contributed by atoms with Crippen molar-refractivity contribution in [1.82, 2.24) is 14.8 Å². The van der Waals surface area contributed by atoms with E-state index in [2.05, 4.69) is 15.2 Å². The molecule has 6 nitrogen and oxygen atoms in total. The maximum atomic E-state index is 13.1. The van der Waals surface area contributed by atoms with Gasteiger partial charge in [0.25, 0.3) is 0 Å². The van der Waals surface area contributed by atoms with Crippen molar-refractivity contribution in [2.24, 2.45) is 5.16 Å². The van der Waals surface area contributed by atoms with Crippen LogP contribution in [0.1, 0.15) is 10.4 Å². The van der Waals surface area contributed by atoms with E-state index in [0.29, 0.717) is 5.56 Å². The number of oxime groups is 1. The fraction of sp³-hybridized carbons (Fsp3) is 0. The molecule has 0 aliphatic rings. The summed E-state index contributed by atoms with van der Waals surface area (Å²) < 4.78 is 26.8. The molecule has 24 heavy (non-hydrogen) atoms. The second kappa shape index (κ2) is 8.28. The van der Waals surface area contributed by atoms with Crippen LogP contribution in [-0.2, 0) is 0 Å². The molecule has 0 bridgehead atoms. The Labute approximate surface area is 135 Å². The summed E-state index contributed by atoms with van der Waals surface area (Å²) in [5.74, 6) is -1.57. The average molecular weight is 330 g/mol. The van der Waals surface area contributed by atoms with Crippen LogP contribution >= 0.6 is 0 Å². The van der Waals surface area contributed by atoms with E-state index in [1.165, 1.54) is 29.5 Å². The maximum absolute atomic E-state index is 13.1. The van der Waals surface area contributed by atoms with Crippen LogP contribution < -0.4 is 0 Å². The van der Waals surface area contributed by atoms with Crippen molar-refractivity contribution in [3.8, 4) is 5.69 Å². The Morgan fingerprint density at radius 2 is 1.92 bits per heavy atom. The summed E-state index contributed by atoms with van der Waals surface area (Å²) in [7, 11) is 0. The summed E-state index contributed by atoms with van der Waals surface area (Å²) in [4.78, 5) is 14.6. The number of rotatable bonds is 3. The summed E-state index contributed by atoms with van der Waals surface area (Å²) in [6.07, 6.45) is 3.49. The third kappa shape index (κ3) is 4.54. The van der Waals surface area contributed by atoms with Crippen LogP contribution in [0, 0.1) is 11.6 Å². The van der Waals surface area contributed by atoms with Gasteiger partial charge in [-0.1, -0.05) is 35.5 Å². The molecule has 0 amide bonds. The first kappa shape index (κ1) is 16.9. The Kier molecular flexibility index (Phi) is 5.84. The fourth-order valence-corrected chi connectivity index (χ4v) is 1.73. The number of hydrogen-bond donors (Lipinski definition) is 1. The molecule has 0 saturated heterocycles. The highest BCUT2D eigenvalue weighted by Crippen LogP contribution is 2.12. The molecule has 0 atom stereocenters. The van der Waals surface area contributed by atoms with Gasteiger partial charge in [-0.15, -0.1) is 0 Å². The van der Waals surface area contributed by atoms with Gasteiger partial charge in [0, 0.05) is 11.6 Å². The van der Waals surface area contributed by atoms with Gasteiger partial charge in [0.2, 0.25) is 5.78 Å². The Hall–Kier alpha value is -3.42. The van der Waals surface area contributed by atoms with Gasteiger partial charge in [-0.2, -0.15) is 5.10 Å². The predicted octanol–water partition coefficient (Wildman–Crippen LogP) is 2.87. The van der Waals surface area contributed by atoms with Crippen LogP contribution in [0.4, 0.5) is 8.78 Å². The first-order valence-electron chi connectivity index (χ1n) is 6.68. The van der Waals surface area contributed by atoms with E-state index in [1.54, 1.807) is 24.3 Å². The standard InChI is InChI=1S/C8H5F2N3.C8H7NO2/c9-6-1-2-8(7(10)3-6)13-5-11-4-12-13;10-8(6-9-11)7-4-2-1-3-5-7/h1-5H;1-6,11H. The molecule has 0 radical (unpaired) electrons. The number of hydrogen-bond acceptors (Lipinski definition) is 5. The molecule has 0 saturated carbocycles. The van der Waals surface area contributed by atoms with Crippen molar-refractivity contribution >= 4 is 12.0 Å². The van der Waals surface area contributed by atoms with Crippen molar-refractivity contribution in [3.05, 3.63) is 78.4 Å². The van der Waals surface area contributed by atoms with Gasteiger partial charge in [-0.05, 0) is 12.1 Å². The lowest BCUT2D eigenvalue weighted by Gasteiger charge is -2.00. The summed E-state index contributed by atoms with van der Waals surface area (Å²) in [5.41, 5.74) is 0.698. The highest BCUT2D eigenvalue weighted by atomic mass is 19.1. The predicted molar refractivity (Wildman–Crippen MR) is 82.3 cm³/mol. The Morgan fingerprint density at radius 3 is 2.50 bits per heavy atom. The van der Waals surface area contributed by atoms with Crippen LogP contribution in [0.2, 0.25) is 0 Å². The van der Waals surface area contributed by atoms with Gasteiger partial charge in [-0.3, -0.25) is 4.79 Å². The molecule has 2 aromatic carbocycles.